The Bertz CT molecular complexity index is 866. The Kier molecular flexibility index (Phi) is 5.42. The Hall–Kier alpha value is -2.12. The van der Waals surface area contributed by atoms with Crippen molar-refractivity contribution in [2.24, 2.45) is 0 Å². The number of rotatable bonds is 0. The standard InChI is InChI=1S/C24H32N2O5/c1-15-3-8-19-17-4-6-18(7-5-17)30-11-21-24(14-29-12-22(27)25-24)10-16(2)26(21)23(28)13-31-20(19)9-15/h3,8-9,16-18,21H,4-7,10-14H2,1-2H3,(H,25,27)/t16-,17?,18?,21+,24-/m1/s1. The summed E-state index contributed by atoms with van der Waals surface area (Å²) in [5.74, 6) is 1.06. The molecule has 4 aliphatic heterocycles. The fraction of sp³-hybridized carbons (Fsp3) is 0.667. The molecule has 3 fully saturated rings. The quantitative estimate of drug-likeness (QED) is 0.686. The van der Waals surface area contributed by atoms with E-state index in [0.29, 0.717) is 25.6 Å². The Morgan fingerprint density at radius 2 is 1.94 bits per heavy atom. The summed E-state index contributed by atoms with van der Waals surface area (Å²) in [7, 11) is 0. The van der Waals surface area contributed by atoms with Crippen LogP contribution < -0.4 is 10.1 Å². The first-order chi connectivity index (χ1) is 14.9. The molecule has 1 saturated carbocycles. The molecule has 168 valence electrons. The summed E-state index contributed by atoms with van der Waals surface area (Å²) in [6.07, 6.45) is 4.91. The van der Waals surface area contributed by atoms with Crippen molar-refractivity contribution in [2.45, 2.75) is 75.6 Å². The molecule has 2 bridgehead atoms. The average molecular weight is 429 g/mol. The molecule has 1 N–H and O–H groups in total. The second-order valence-corrected chi connectivity index (χ2v) is 9.70. The predicted molar refractivity (Wildman–Crippen MR) is 114 cm³/mol. The number of nitrogens with one attached hydrogen (secondary N) is 1. The monoisotopic (exact) mass is 428 g/mol. The SMILES string of the molecule is Cc1ccc2c(c1)OCC(=O)N1[C@H](C)C[C@@]3(COCC(=O)N3)[C@@H]1COC1CCC2CC1. The van der Waals surface area contributed by atoms with Crippen molar-refractivity contribution in [3.8, 4) is 5.75 Å². The van der Waals surface area contributed by atoms with Crippen LogP contribution >= 0.6 is 0 Å². The molecular formula is C24H32N2O5. The van der Waals surface area contributed by atoms with Crippen LogP contribution in [-0.2, 0) is 19.1 Å². The summed E-state index contributed by atoms with van der Waals surface area (Å²) in [6, 6.07) is 6.03. The van der Waals surface area contributed by atoms with Gasteiger partial charge in [0.25, 0.3) is 5.91 Å². The summed E-state index contributed by atoms with van der Waals surface area (Å²) in [4.78, 5) is 27.5. The van der Waals surface area contributed by atoms with E-state index >= 15 is 0 Å². The number of ether oxygens (including phenoxy) is 3. The number of amides is 2. The van der Waals surface area contributed by atoms with Gasteiger partial charge in [0.1, 0.15) is 12.4 Å². The van der Waals surface area contributed by atoms with E-state index in [1.807, 2.05) is 24.8 Å². The lowest BCUT2D eigenvalue weighted by molar-refractivity contribution is -0.145. The van der Waals surface area contributed by atoms with Crippen LogP contribution in [0.2, 0.25) is 0 Å². The van der Waals surface area contributed by atoms with Gasteiger partial charge in [-0.15, -0.1) is 0 Å². The number of aryl methyl sites for hydroxylation is 1. The smallest absolute Gasteiger partial charge is 0.261 e. The van der Waals surface area contributed by atoms with Crippen LogP contribution in [0.3, 0.4) is 0 Å². The minimum absolute atomic E-state index is 0.0156. The van der Waals surface area contributed by atoms with E-state index in [1.165, 1.54) is 5.56 Å². The number of nitrogens with zero attached hydrogens (tertiary/aromatic N) is 1. The van der Waals surface area contributed by atoms with Gasteiger partial charge in [0.05, 0.1) is 30.9 Å². The number of morpholine rings is 1. The Labute approximate surface area is 183 Å². The van der Waals surface area contributed by atoms with E-state index in [4.69, 9.17) is 14.2 Å². The topological polar surface area (TPSA) is 77.1 Å². The van der Waals surface area contributed by atoms with Gasteiger partial charge < -0.3 is 24.4 Å². The van der Waals surface area contributed by atoms with E-state index in [0.717, 1.165) is 37.0 Å². The zero-order chi connectivity index (χ0) is 21.6. The second kappa shape index (κ2) is 8.10. The highest BCUT2D eigenvalue weighted by Gasteiger charge is 2.55. The van der Waals surface area contributed by atoms with Gasteiger partial charge in [-0.25, -0.2) is 0 Å². The van der Waals surface area contributed by atoms with E-state index < -0.39 is 5.54 Å². The molecule has 0 aromatic heterocycles. The Morgan fingerprint density at radius 1 is 1.13 bits per heavy atom. The van der Waals surface area contributed by atoms with Gasteiger partial charge in [-0.2, -0.15) is 0 Å². The van der Waals surface area contributed by atoms with Gasteiger partial charge in [-0.3, -0.25) is 9.59 Å². The van der Waals surface area contributed by atoms with Gasteiger partial charge in [0, 0.05) is 6.04 Å². The zero-order valence-corrected chi connectivity index (χ0v) is 18.4. The molecule has 5 aliphatic rings. The van der Waals surface area contributed by atoms with Crippen LogP contribution in [0.15, 0.2) is 18.2 Å². The lowest BCUT2D eigenvalue weighted by Crippen LogP contribution is -2.65. The lowest BCUT2D eigenvalue weighted by Gasteiger charge is -2.41. The van der Waals surface area contributed by atoms with Gasteiger partial charge in [-0.1, -0.05) is 12.1 Å². The van der Waals surface area contributed by atoms with Crippen molar-refractivity contribution in [3.63, 3.8) is 0 Å². The molecule has 31 heavy (non-hydrogen) atoms. The molecule has 3 atom stereocenters. The molecule has 0 radical (unpaired) electrons. The van der Waals surface area contributed by atoms with Crippen LogP contribution in [0.4, 0.5) is 0 Å². The Morgan fingerprint density at radius 3 is 2.71 bits per heavy atom. The second-order valence-electron chi connectivity index (χ2n) is 9.70. The molecule has 1 aliphatic carbocycles. The van der Waals surface area contributed by atoms with Gasteiger partial charge in [0.2, 0.25) is 5.91 Å². The third-order valence-electron chi connectivity index (χ3n) is 7.50. The van der Waals surface area contributed by atoms with Crippen molar-refractivity contribution in [2.75, 3.05) is 26.4 Å². The van der Waals surface area contributed by atoms with Gasteiger partial charge in [-0.05, 0) is 69.1 Å². The lowest BCUT2D eigenvalue weighted by atomic mass is 9.82. The summed E-state index contributed by atoms with van der Waals surface area (Å²) < 4.78 is 18.2. The van der Waals surface area contributed by atoms with Crippen LogP contribution in [0.25, 0.3) is 0 Å². The normalized spacial score (nSPS) is 36.0. The molecule has 1 spiro atoms. The van der Waals surface area contributed by atoms with Crippen LogP contribution in [0.5, 0.6) is 5.75 Å². The van der Waals surface area contributed by atoms with Crippen molar-refractivity contribution >= 4 is 11.8 Å². The maximum Gasteiger partial charge on any atom is 0.261 e. The van der Waals surface area contributed by atoms with Crippen LogP contribution in [0.1, 0.15) is 56.1 Å². The van der Waals surface area contributed by atoms with Crippen LogP contribution in [0, 0.1) is 6.92 Å². The van der Waals surface area contributed by atoms with Crippen LogP contribution in [-0.4, -0.2) is 66.9 Å². The highest BCUT2D eigenvalue weighted by atomic mass is 16.5. The van der Waals surface area contributed by atoms with Gasteiger partial charge in [0.15, 0.2) is 6.61 Å². The number of hydrogen-bond acceptors (Lipinski definition) is 5. The molecule has 1 aromatic carbocycles. The maximum absolute atomic E-state index is 13.4. The number of carbonyl (C=O) groups excluding carboxylic acids is 2. The number of benzene rings is 1. The molecule has 0 unspecified atom stereocenters. The fourth-order valence-corrected chi connectivity index (χ4v) is 6.05. The molecular weight excluding hydrogens is 396 g/mol. The first kappa shape index (κ1) is 20.8. The molecule has 2 saturated heterocycles. The van der Waals surface area contributed by atoms with Crippen molar-refractivity contribution in [1.29, 1.82) is 0 Å². The molecule has 2 amide bonds. The zero-order valence-electron chi connectivity index (χ0n) is 18.4. The third-order valence-corrected chi connectivity index (χ3v) is 7.50. The summed E-state index contributed by atoms with van der Waals surface area (Å²) >= 11 is 0. The van der Waals surface area contributed by atoms with Crippen molar-refractivity contribution in [1.82, 2.24) is 10.2 Å². The third kappa shape index (κ3) is 3.82. The summed E-state index contributed by atoms with van der Waals surface area (Å²) in [6.45, 7) is 4.94. The summed E-state index contributed by atoms with van der Waals surface area (Å²) in [5, 5.41) is 3.15. The van der Waals surface area contributed by atoms with E-state index in [-0.39, 0.29) is 43.2 Å². The van der Waals surface area contributed by atoms with Gasteiger partial charge >= 0.3 is 0 Å². The minimum Gasteiger partial charge on any atom is -0.483 e. The first-order valence-corrected chi connectivity index (χ1v) is 11.5. The van der Waals surface area contributed by atoms with Crippen molar-refractivity contribution < 1.29 is 23.8 Å². The number of fused-ring (bicyclic) bond motifs is 5. The largest absolute Gasteiger partial charge is 0.483 e. The molecule has 7 nitrogen and oxygen atoms in total. The molecule has 4 heterocycles. The fourth-order valence-electron chi connectivity index (χ4n) is 6.05. The van der Waals surface area contributed by atoms with Crippen molar-refractivity contribution in [3.05, 3.63) is 29.3 Å². The maximum atomic E-state index is 13.4. The van der Waals surface area contributed by atoms with E-state index in [2.05, 4.69) is 17.4 Å². The predicted octanol–water partition coefficient (Wildman–Crippen LogP) is 2.30. The highest BCUT2D eigenvalue weighted by Crippen LogP contribution is 2.41. The first-order valence-electron chi connectivity index (χ1n) is 11.5. The molecule has 1 aromatic rings. The highest BCUT2D eigenvalue weighted by molar-refractivity contribution is 5.81. The average Bonchev–Trinajstić information content (AvgIpc) is 3.01. The minimum atomic E-state index is -0.601. The van der Waals surface area contributed by atoms with E-state index in [1.54, 1.807) is 0 Å². The Balaban J connectivity index is 1.48. The summed E-state index contributed by atoms with van der Waals surface area (Å²) in [5.41, 5.74) is 1.73. The van der Waals surface area contributed by atoms with E-state index in [9.17, 15) is 9.59 Å². The molecule has 6 rings (SSSR count). The number of hydrogen-bond donors (Lipinski definition) is 1. The molecule has 7 heteroatoms. The number of carbonyl (C=O) groups is 2.